The van der Waals surface area contributed by atoms with Crippen LogP contribution in [-0.2, 0) is 26.2 Å². The first-order valence-electron chi connectivity index (χ1n) is 19.8. The summed E-state index contributed by atoms with van der Waals surface area (Å²) < 4.78 is 61.4. The summed E-state index contributed by atoms with van der Waals surface area (Å²) in [6, 6.07) is 11.0. The minimum absolute atomic E-state index is 0.0461. The average Bonchev–Trinajstić information content (AvgIpc) is 4.07. The number of nitrogens with zero attached hydrogens (tertiary/aromatic N) is 6. The van der Waals surface area contributed by atoms with Crippen molar-refractivity contribution in [2.75, 3.05) is 31.2 Å². The van der Waals surface area contributed by atoms with Crippen LogP contribution in [-0.4, -0.2) is 82.2 Å². The molecule has 0 N–H and O–H groups in total. The van der Waals surface area contributed by atoms with Crippen molar-refractivity contribution in [3.05, 3.63) is 74.6 Å². The molecule has 2 aliphatic carbocycles. The molecule has 5 aliphatic rings. The molecule has 300 valence electrons. The molecule has 0 bridgehead atoms. The highest BCUT2D eigenvalue weighted by atomic mass is 32.1. The molecule has 15 heteroatoms. The number of anilines is 1. The maximum absolute atomic E-state index is 13.8. The van der Waals surface area contributed by atoms with Crippen molar-refractivity contribution in [3.63, 3.8) is 0 Å². The molecule has 5 atom stereocenters. The molecule has 0 spiro atoms. The number of fused-ring (bicyclic) bond motifs is 4. The summed E-state index contributed by atoms with van der Waals surface area (Å²) >= 11 is 1.45. The van der Waals surface area contributed by atoms with Gasteiger partial charge in [0.25, 0.3) is 5.56 Å². The Morgan fingerprint density at radius 2 is 1.93 bits per heavy atom. The van der Waals surface area contributed by atoms with Crippen LogP contribution in [0, 0.1) is 17.2 Å². The Labute approximate surface area is 332 Å². The third kappa shape index (κ3) is 7.18. The molecule has 4 aromatic rings. The number of pyridine rings is 1. The van der Waals surface area contributed by atoms with Crippen molar-refractivity contribution in [3.8, 4) is 17.2 Å². The highest BCUT2D eigenvalue weighted by molar-refractivity contribution is 7.19. The number of thiophene rings is 1. The first-order valence-corrected chi connectivity index (χ1v) is 20.6. The second-order valence-electron chi connectivity index (χ2n) is 17.2. The average molecular weight is 803 g/mol. The third-order valence-electron chi connectivity index (χ3n) is 12.2. The second-order valence-corrected chi connectivity index (χ2v) is 18.4. The van der Waals surface area contributed by atoms with Gasteiger partial charge < -0.3 is 24.0 Å². The fraction of sp³-hybridized carbons (Fsp3) is 0.548. The lowest BCUT2D eigenvalue weighted by molar-refractivity contribution is -0.168. The van der Waals surface area contributed by atoms with Crippen LogP contribution in [0.25, 0.3) is 21.3 Å². The lowest BCUT2D eigenvalue weighted by Gasteiger charge is -2.38. The number of benzene rings is 1. The summed E-state index contributed by atoms with van der Waals surface area (Å²) in [6.45, 7) is 7.93. The van der Waals surface area contributed by atoms with Crippen molar-refractivity contribution in [2.45, 2.75) is 114 Å². The van der Waals surface area contributed by atoms with Crippen LogP contribution in [0.5, 0.6) is 0 Å². The van der Waals surface area contributed by atoms with Gasteiger partial charge in [-0.15, -0.1) is 11.3 Å². The number of carbonyl (C=O) groups excluding carboxylic acids is 1. The highest BCUT2D eigenvalue weighted by Crippen LogP contribution is 2.59. The predicted octanol–water partition coefficient (Wildman–Crippen LogP) is 7.88. The van der Waals surface area contributed by atoms with Crippen molar-refractivity contribution in [1.29, 1.82) is 5.26 Å². The molecule has 0 radical (unpaired) electrons. The molecular weight excluding hydrogens is 758 g/mol. The van der Waals surface area contributed by atoms with Gasteiger partial charge >= 0.3 is 12.3 Å². The number of nitriles is 1. The largest absolute Gasteiger partial charge is 0.444 e. The third-order valence-corrected chi connectivity index (χ3v) is 13.3. The van der Waals surface area contributed by atoms with E-state index in [0.717, 1.165) is 70.2 Å². The summed E-state index contributed by atoms with van der Waals surface area (Å²) in [5, 5.41) is 14.4. The fourth-order valence-corrected chi connectivity index (χ4v) is 10.1. The van der Waals surface area contributed by atoms with Crippen LogP contribution in [0.15, 0.2) is 47.5 Å². The topological polar surface area (TPSA) is 123 Å². The summed E-state index contributed by atoms with van der Waals surface area (Å²) in [5.41, 5.74) is 1.90. The summed E-state index contributed by atoms with van der Waals surface area (Å²) in [5.74, 6) is 0.771. The number of ether oxygens (including phenoxy) is 3. The van der Waals surface area contributed by atoms with E-state index >= 15 is 0 Å². The molecule has 9 rings (SSSR count). The van der Waals surface area contributed by atoms with E-state index in [4.69, 9.17) is 14.2 Å². The number of hydrogen-bond acceptors (Lipinski definition) is 10. The number of likely N-dealkylation sites (tertiary alicyclic amines) is 1. The van der Waals surface area contributed by atoms with Gasteiger partial charge in [0.05, 0.1) is 52.7 Å². The summed E-state index contributed by atoms with van der Waals surface area (Å²) in [4.78, 5) is 36.5. The number of aromatic nitrogens is 3. The van der Waals surface area contributed by atoms with Crippen LogP contribution in [0.2, 0.25) is 0 Å². The fourth-order valence-electron chi connectivity index (χ4n) is 9.02. The van der Waals surface area contributed by atoms with E-state index < -0.39 is 22.8 Å². The molecule has 11 nitrogen and oxygen atoms in total. The van der Waals surface area contributed by atoms with Crippen LogP contribution in [0.3, 0.4) is 0 Å². The van der Waals surface area contributed by atoms with Crippen LogP contribution in [0.1, 0.15) is 93.2 Å². The smallest absolute Gasteiger partial charge is 0.410 e. The molecule has 3 unspecified atom stereocenters. The first-order chi connectivity index (χ1) is 27.2. The number of rotatable bonds is 8. The van der Waals surface area contributed by atoms with Gasteiger partial charge in [-0.05, 0) is 113 Å². The quantitative estimate of drug-likeness (QED) is 0.175. The molecule has 4 fully saturated rings. The van der Waals surface area contributed by atoms with Gasteiger partial charge in [-0.25, -0.2) is 9.48 Å². The minimum atomic E-state index is -4.44. The Balaban J connectivity index is 1.05. The molecule has 1 aromatic carbocycles. The Morgan fingerprint density at radius 1 is 1.11 bits per heavy atom. The molecule has 3 aliphatic heterocycles. The lowest BCUT2D eigenvalue weighted by atomic mass is 9.90. The van der Waals surface area contributed by atoms with Crippen LogP contribution >= 0.6 is 11.3 Å². The van der Waals surface area contributed by atoms with E-state index in [-0.39, 0.29) is 49.4 Å². The van der Waals surface area contributed by atoms with E-state index in [1.54, 1.807) is 6.20 Å². The Kier molecular flexibility index (Phi) is 9.40. The Morgan fingerprint density at radius 3 is 2.63 bits per heavy atom. The van der Waals surface area contributed by atoms with Gasteiger partial charge in [-0.3, -0.25) is 9.78 Å². The number of carbonyl (C=O) groups is 1. The van der Waals surface area contributed by atoms with Crippen molar-refractivity contribution >= 4 is 33.3 Å². The maximum atomic E-state index is 13.8. The van der Waals surface area contributed by atoms with Gasteiger partial charge in [0.1, 0.15) is 5.60 Å². The number of amides is 1. The molecular formula is C42H45F3N6O5S. The Bertz CT molecular complexity index is 2320. The van der Waals surface area contributed by atoms with E-state index in [1.165, 1.54) is 22.2 Å². The first kappa shape index (κ1) is 38.0. The van der Waals surface area contributed by atoms with Crippen LogP contribution < -0.4 is 10.5 Å². The van der Waals surface area contributed by atoms with Gasteiger partial charge in [-0.2, -0.15) is 23.5 Å². The minimum Gasteiger partial charge on any atom is -0.444 e. The number of hydrogen-bond donors (Lipinski definition) is 0. The van der Waals surface area contributed by atoms with Crippen molar-refractivity contribution in [2.24, 2.45) is 5.92 Å². The van der Waals surface area contributed by atoms with E-state index in [0.29, 0.717) is 49.1 Å². The Hall–Kier alpha value is -4.52. The van der Waals surface area contributed by atoms with Gasteiger partial charge in [-0.1, -0.05) is 0 Å². The summed E-state index contributed by atoms with van der Waals surface area (Å²) in [7, 11) is 0. The van der Waals surface area contributed by atoms with Crippen molar-refractivity contribution in [1.82, 2.24) is 19.7 Å². The molecule has 57 heavy (non-hydrogen) atoms. The highest BCUT2D eigenvalue weighted by Gasteiger charge is 2.64. The van der Waals surface area contributed by atoms with Gasteiger partial charge in [0, 0.05) is 59.7 Å². The number of alkyl halides is 3. The zero-order valence-corrected chi connectivity index (χ0v) is 33.0. The molecule has 1 amide bonds. The number of halogens is 3. The summed E-state index contributed by atoms with van der Waals surface area (Å²) in [6.07, 6.45) is 2.27. The van der Waals surface area contributed by atoms with E-state index in [2.05, 4.69) is 21.1 Å². The maximum Gasteiger partial charge on any atom is 0.410 e. The SMILES string of the molecule is CC(C)(C)OC(=O)N1C[C@@H](N2CC3CC3c3cc(C#N)cc(-c4ccnc5cc(Cn6ncc(C7(C(F)(F)F)CC7)cc6=O)sc45)c32)C[C@@H]1COC1CCCCO1. The zero-order valence-electron chi connectivity index (χ0n) is 32.2. The lowest BCUT2D eigenvalue weighted by Crippen LogP contribution is -2.44. The molecule has 6 heterocycles. The molecule has 2 saturated carbocycles. The second kappa shape index (κ2) is 14.1. The van der Waals surface area contributed by atoms with Crippen LogP contribution in [0.4, 0.5) is 23.7 Å². The molecule has 2 saturated heterocycles. The predicted molar refractivity (Wildman–Crippen MR) is 207 cm³/mol. The van der Waals surface area contributed by atoms with E-state index in [1.807, 2.05) is 49.9 Å². The normalized spacial score (nSPS) is 25.2. The van der Waals surface area contributed by atoms with Crippen molar-refractivity contribution < 1.29 is 32.2 Å². The van der Waals surface area contributed by atoms with E-state index in [9.17, 15) is 28.0 Å². The van der Waals surface area contributed by atoms with Gasteiger partial charge in [0.2, 0.25) is 0 Å². The standard InChI is InChI=1S/C42H45F3N6O5S/c1-40(2,3)56-39(53)50-21-27(16-28(50)23-55-36-6-4-5-11-54-36)49-20-25-14-31(25)33-13-24(18-46)12-32(37(33)49)30-7-10-47-34-17-29(57-38(30)34)22-51-35(52)15-26(19-48-51)41(8-9-41)42(43,44)45/h7,10,12-13,15,17,19,25,27-28,31,36H,4-6,8-9,11,14,16,20-23H2,1-3H3/t25?,27-,28+,31?,36?/m0/s1. The van der Waals surface area contributed by atoms with Gasteiger partial charge in [0.15, 0.2) is 6.29 Å². The molecule has 3 aromatic heterocycles. The zero-order chi connectivity index (χ0) is 39.9. The monoisotopic (exact) mass is 802 g/mol.